The molecule has 0 radical (unpaired) electrons. The summed E-state index contributed by atoms with van der Waals surface area (Å²) in [5.41, 5.74) is 1.49. The van der Waals surface area contributed by atoms with E-state index in [4.69, 9.17) is 0 Å². The number of nitrogens with one attached hydrogen (secondary N) is 1. The smallest absolute Gasteiger partial charge is 0.0897 e. The Hall–Kier alpha value is -0.450. The lowest BCUT2D eigenvalue weighted by Crippen LogP contribution is -2.38. The molecule has 0 aromatic carbocycles. The molecule has 1 heterocycles. The predicted molar refractivity (Wildman–Crippen MR) is 75.5 cm³/mol. The van der Waals surface area contributed by atoms with E-state index in [1.165, 1.54) is 5.69 Å². The molecular weight excluding hydrogens is 230 g/mol. The van der Waals surface area contributed by atoms with Gasteiger partial charge in [0.1, 0.15) is 0 Å². The summed E-state index contributed by atoms with van der Waals surface area (Å²) in [6, 6.07) is 0. The average Bonchev–Trinajstić information content (AvgIpc) is 2.60. The highest BCUT2D eigenvalue weighted by molar-refractivity contribution is 7.09. The van der Waals surface area contributed by atoms with Crippen LogP contribution in [0.5, 0.6) is 0 Å². The van der Waals surface area contributed by atoms with Gasteiger partial charge in [-0.1, -0.05) is 20.8 Å². The number of hydrogen-bond acceptors (Lipinski definition) is 4. The van der Waals surface area contributed by atoms with Crippen molar-refractivity contribution in [1.82, 2.24) is 15.2 Å². The first kappa shape index (κ1) is 14.6. The summed E-state index contributed by atoms with van der Waals surface area (Å²) in [5.74, 6) is 0. The van der Waals surface area contributed by atoms with Crippen LogP contribution in [0.2, 0.25) is 0 Å². The van der Waals surface area contributed by atoms with E-state index in [0.717, 1.165) is 31.2 Å². The van der Waals surface area contributed by atoms with Crippen molar-refractivity contribution >= 4 is 11.3 Å². The van der Waals surface area contributed by atoms with E-state index in [1.54, 1.807) is 11.3 Å². The Morgan fingerprint density at radius 3 is 2.71 bits per heavy atom. The van der Waals surface area contributed by atoms with Crippen LogP contribution in [0.25, 0.3) is 0 Å². The molecule has 1 rings (SSSR count). The summed E-state index contributed by atoms with van der Waals surface area (Å²) in [5, 5.41) is 6.73. The van der Waals surface area contributed by atoms with Crippen LogP contribution in [0, 0.1) is 12.3 Å². The average molecular weight is 255 g/mol. The van der Waals surface area contributed by atoms with Crippen molar-refractivity contribution in [1.29, 1.82) is 0 Å². The summed E-state index contributed by atoms with van der Waals surface area (Å²) >= 11 is 1.73. The second-order valence-corrected chi connectivity index (χ2v) is 6.54. The van der Waals surface area contributed by atoms with E-state index in [9.17, 15) is 0 Å². The normalized spacial score (nSPS) is 12.4. The zero-order chi connectivity index (χ0) is 12.9. The molecule has 0 spiro atoms. The molecule has 0 aliphatic carbocycles. The standard InChI is InChI=1S/C13H25N3S/c1-6-14-9-13(3,4)10-16(5)7-12-8-17-11(2)15-12/h8,14H,6-7,9-10H2,1-5H3. The maximum atomic E-state index is 4.50. The van der Waals surface area contributed by atoms with E-state index in [2.05, 4.69) is 55.3 Å². The number of aryl methyl sites for hydroxylation is 1. The van der Waals surface area contributed by atoms with Crippen LogP contribution < -0.4 is 5.32 Å². The Morgan fingerprint density at radius 2 is 2.18 bits per heavy atom. The first-order valence-corrected chi connectivity index (χ1v) is 7.11. The Morgan fingerprint density at radius 1 is 1.47 bits per heavy atom. The minimum absolute atomic E-state index is 0.301. The van der Waals surface area contributed by atoms with E-state index < -0.39 is 0 Å². The molecule has 98 valence electrons. The second kappa shape index (κ2) is 6.47. The van der Waals surface area contributed by atoms with Crippen molar-refractivity contribution < 1.29 is 0 Å². The van der Waals surface area contributed by atoms with Crippen molar-refractivity contribution in [2.24, 2.45) is 5.41 Å². The third-order valence-corrected chi connectivity index (χ3v) is 3.47. The van der Waals surface area contributed by atoms with Crippen LogP contribution in [0.1, 0.15) is 31.5 Å². The van der Waals surface area contributed by atoms with Gasteiger partial charge in [-0.2, -0.15) is 0 Å². The zero-order valence-corrected chi connectivity index (χ0v) is 12.5. The maximum Gasteiger partial charge on any atom is 0.0897 e. The van der Waals surface area contributed by atoms with Crippen molar-refractivity contribution in [3.63, 3.8) is 0 Å². The van der Waals surface area contributed by atoms with Gasteiger partial charge in [0, 0.05) is 25.0 Å². The molecule has 0 amide bonds. The number of thiazole rings is 1. The van der Waals surface area contributed by atoms with E-state index in [0.29, 0.717) is 5.41 Å². The van der Waals surface area contributed by atoms with Crippen LogP contribution >= 0.6 is 11.3 Å². The minimum atomic E-state index is 0.301. The molecule has 4 heteroatoms. The summed E-state index contributed by atoms with van der Waals surface area (Å²) < 4.78 is 0. The predicted octanol–water partition coefficient (Wildman–Crippen LogP) is 2.52. The van der Waals surface area contributed by atoms with Crippen LogP contribution in [0.3, 0.4) is 0 Å². The highest BCUT2D eigenvalue weighted by Gasteiger charge is 2.19. The van der Waals surface area contributed by atoms with Crippen molar-refractivity contribution in [2.75, 3.05) is 26.7 Å². The molecule has 0 bridgehead atoms. The van der Waals surface area contributed by atoms with E-state index in [1.807, 2.05) is 0 Å². The lowest BCUT2D eigenvalue weighted by molar-refractivity contribution is 0.198. The van der Waals surface area contributed by atoms with Crippen LogP contribution in [0.15, 0.2) is 5.38 Å². The van der Waals surface area contributed by atoms with Gasteiger partial charge in [-0.3, -0.25) is 4.90 Å². The fourth-order valence-corrected chi connectivity index (χ4v) is 2.67. The Labute approximate surface area is 109 Å². The molecule has 0 unspecified atom stereocenters. The first-order valence-electron chi connectivity index (χ1n) is 6.23. The Kier molecular flexibility index (Phi) is 5.56. The van der Waals surface area contributed by atoms with Gasteiger partial charge >= 0.3 is 0 Å². The topological polar surface area (TPSA) is 28.2 Å². The van der Waals surface area contributed by atoms with Gasteiger partial charge in [0.25, 0.3) is 0 Å². The van der Waals surface area contributed by atoms with Crippen LogP contribution in [0.4, 0.5) is 0 Å². The molecular formula is C13H25N3S. The van der Waals surface area contributed by atoms with Gasteiger partial charge in [0.15, 0.2) is 0 Å². The molecule has 0 aliphatic rings. The second-order valence-electron chi connectivity index (χ2n) is 5.47. The van der Waals surface area contributed by atoms with Gasteiger partial charge in [0.05, 0.1) is 10.7 Å². The first-order chi connectivity index (χ1) is 7.93. The van der Waals surface area contributed by atoms with Gasteiger partial charge in [0.2, 0.25) is 0 Å². The van der Waals surface area contributed by atoms with Crippen molar-refractivity contribution in [3.05, 3.63) is 16.1 Å². The lowest BCUT2D eigenvalue weighted by atomic mass is 9.93. The minimum Gasteiger partial charge on any atom is -0.316 e. The molecule has 3 nitrogen and oxygen atoms in total. The highest BCUT2D eigenvalue weighted by Crippen LogP contribution is 2.17. The molecule has 1 N–H and O–H groups in total. The fraction of sp³-hybridized carbons (Fsp3) is 0.769. The quantitative estimate of drug-likeness (QED) is 0.811. The van der Waals surface area contributed by atoms with E-state index >= 15 is 0 Å². The number of nitrogens with zero attached hydrogens (tertiary/aromatic N) is 2. The third-order valence-electron chi connectivity index (χ3n) is 2.65. The van der Waals surface area contributed by atoms with Crippen LogP contribution in [-0.4, -0.2) is 36.6 Å². The lowest BCUT2D eigenvalue weighted by Gasteiger charge is -2.30. The fourth-order valence-electron chi connectivity index (χ4n) is 2.06. The largest absolute Gasteiger partial charge is 0.316 e. The molecule has 0 atom stereocenters. The van der Waals surface area contributed by atoms with Crippen molar-refractivity contribution in [2.45, 2.75) is 34.2 Å². The van der Waals surface area contributed by atoms with Crippen LogP contribution in [-0.2, 0) is 6.54 Å². The third kappa shape index (κ3) is 5.61. The van der Waals surface area contributed by atoms with Gasteiger partial charge in [-0.25, -0.2) is 4.98 Å². The van der Waals surface area contributed by atoms with E-state index in [-0.39, 0.29) is 0 Å². The summed E-state index contributed by atoms with van der Waals surface area (Å²) in [4.78, 5) is 6.86. The molecule has 0 saturated heterocycles. The molecule has 17 heavy (non-hydrogen) atoms. The molecule has 1 aromatic heterocycles. The summed E-state index contributed by atoms with van der Waals surface area (Å²) in [7, 11) is 2.17. The zero-order valence-electron chi connectivity index (χ0n) is 11.7. The summed E-state index contributed by atoms with van der Waals surface area (Å²) in [6.07, 6.45) is 0. The molecule has 0 fully saturated rings. The number of rotatable bonds is 7. The summed E-state index contributed by atoms with van der Waals surface area (Å²) in [6.45, 7) is 12.9. The number of aromatic nitrogens is 1. The van der Waals surface area contributed by atoms with Gasteiger partial charge in [-0.05, 0) is 25.9 Å². The Bertz CT molecular complexity index is 333. The molecule has 1 aromatic rings. The molecule has 0 saturated carbocycles. The monoisotopic (exact) mass is 255 g/mol. The van der Waals surface area contributed by atoms with Gasteiger partial charge < -0.3 is 5.32 Å². The SMILES string of the molecule is CCNCC(C)(C)CN(C)Cc1csc(C)n1. The number of hydrogen-bond donors (Lipinski definition) is 1. The highest BCUT2D eigenvalue weighted by atomic mass is 32.1. The van der Waals surface area contributed by atoms with Gasteiger partial charge in [-0.15, -0.1) is 11.3 Å². The van der Waals surface area contributed by atoms with Crippen molar-refractivity contribution in [3.8, 4) is 0 Å². The Balaban J connectivity index is 2.40. The maximum absolute atomic E-state index is 4.50. The molecule has 0 aliphatic heterocycles.